The Bertz CT molecular complexity index is 418. The number of hydrogen-bond acceptors (Lipinski definition) is 2. The van der Waals surface area contributed by atoms with Crippen molar-refractivity contribution in [3.8, 4) is 0 Å². The summed E-state index contributed by atoms with van der Waals surface area (Å²) < 4.78 is 26.9. The van der Waals surface area contributed by atoms with E-state index in [1.54, 1.807) is 11.8 Å². The van der Waals surface area contributed by atoms with Gasteiger partial charge < -0.3 is 10.6 Å². The molecular formula is C14H21F2N3S. The Hall–Kier alpha value is -1.30. The maximum atomic E-state index is 13.5. The molecular weight excluding hydrogens is 280 g/mol. The summed E-state index contributed by atoms with van der Waals surface area (Å²) in [5, 5.41) is 6.18. The van der Waals surface area contributed by atoms with E-state index in [2.05, 4.69) is 15.6 Å². The van der Waals surface area contributed by atoms with E-state index in [9.17, 15) is 8.78 Å². The van der Waals surface area contributed by atoms with Crippen LogP contribution in [0.4, 0.5) is 8.78 Å². The van der Waals surface area contributed by atoms with Gasteiger partial charge in [-0.3, -0.25) is 4.99 Å². The lowest BCUT2D eigenvalue weighted by molar-refractivity contribution is 0.553. The van der Waals surface area contributed by atoms with Crippen molar-refractivity contribution in [2.75, 3.05) is 31.6 Å². The molecule has 1 rings (SSSR count). The van der Waals surface area contributed by atoms with E-state index in [4.69, 9.17) is 0 Å². The summed E-state index contributed by atoms with van der Waals surface area (Å²) in [5.74, 6) is 0.615. The molecule has 0 aliphatic rings. The number of halogens is 2. The van der Waals surface area contributed by atoms with Gasteiger partial charge in [-0.15, -0.1) is 0 Å². The Kier molecular flexibility index (Phi) is 8.02. The van der Waals surface area contributed by atoms with E-state index >= 15 is 0 Å². The fourth-order valence-corrected chi connectivity index (χ4v) is 1.94. The lowest BCUT2D eigenvalue weighted by Gasteiger charge is -2.11. The number of rotatable bonds is 7. The van der Waals surface area contributed by atoms with Crippen LogP contribution in [0.5, 0.6) is 0 Å². The van der Waals surface area contributed by atoms with Gasteiger partial charge in [0.25, 0.3) is 0 Å². The number of nitrogens with zero attached hydrogens (tertiary/aromatic N) is 1. The molecule has 20 heavy (non-hydrogen) atoms. The van der Waals surface area contributed by atoms with Crippen LogP contribution in [0.1, 0.15) is 12.5 Å². The predicted molar refractivity (Wildman–Crippen MR) is 82.4 cm³/mol. The van der Waals surface area contributed by atoms with Crippen molar-refractivity contribution in [2.45, 2.75) is 13.3 Å². The van der Waals surface area contributed by atoms with E-state index in [0.29, 0.717) is 19.0 Å². The fourth-order valence-electron chi connectivity index (χ4n) is 1.67. The number of guanidine groups is 1. The number of thioether (sulfide) groups is 1. The monoisotopic (exact) mass is 301 g/mol. The molecule has 0 unspecified atom stereocenters. The van der Waals surface area contributed by atoms with Crippen molar-refractivity contribution in [1.29, 1.82) is 0 Å². The first-order valence-corrected chi connectivity index (χ1v) is 8.02. The molecule has 0 fully saturated rings. The molecule has 0 radical (unpaired) electrons. The first kappa shape index (κ1) is 16.8. The predicted octanol–water partition coefficient (Wildman–Crippen LogP) is 2.43. The maximum absolute atomic E-state index is 13.5. The fraction of sp³-hybridized carbons (Fsp3) is 0.500. The molecule has 1 aromatic rings. The first-order valence-electron chi connectivity index (χ1n) is 6.63. The Morgan fingerprint density at radius 1 is 1.25 bits per heavy atom. The highest BCUT2D eigenvalue weighted by atomic mass is 32.2. The molecule has 3 nitrogen and oxygen atoms in total. The van der Waals surface area contributed by atoms with Crippen molar-refractivity contribution in [3.05, 3.63) is 35.4 Å². The molecule has 1 aromatic carbocycles. The van der Waals surface area contributed by atoms with E-state index in [-0.39, 0.29) is 12.0 Å². The molecule has 2 N–H and O–H groups in total. The van der Waals surface area contributed by atoms with Gasteiger partial charge in [-0.2, -0.15) is 11.8 Å². The van der Waals surface area contributed by atoms with Gasteiger partial charge >= 0.3 is 0 Å². The SMILES string of the molecule is CCNC(=NCCSC)NCCc1c(F)cccc1F. The number of hydrogen-bond donors (Lipinski definition) is 2. The minimum Gasteiger partial charge on any atom is -0.357 e. The third kappa shape index (κ3) is 5.77. The first-order chi connectivity index (χ1) is 9.69. The van der Waals surface area contributed by atoms with Crippen molar-refractivity contribution in [3.63, 3.8) is 0 Å². The Labute approximate surface area is 123 Å². The van der Waals surface area contributed by atoms with Gasteiger partial charge in [0, 0.05) is 24.4 Å². The molecule has 0 aliphatic heterocycles. The lowest BCUT2D eigenvalue weighted by atomic mass is 10.1. The van der Waals surface area contributed by atoms with Crippen molar-refractivity contribution in [1.82, 2.24) is 10.6 Å². The smallest absolute Gasteiger partial charge is 0.191 e. The normalized spacial score (nSPS) is 11.5. The molecule has 0 heterocycles. The Morgan fingerprint density at radius 3 is 2.55 bits per heavy atom. The minimum absolute atomic E-state index is 0.111. The van der Waals surface area contributed by atoms with Crippen LogP contribution in [0.15, 0.2) is 23.2 Å². The van der Waals surface area contributed by atoms with Crippen LogP contribution in [0.2, 0.25) is 0 Å². The average Bonchev–Trinajstić information content (AvgIpc) is 2.42. The molecule has 6 heteroatoms. The number of benzene rings is 1. The number of nitrogens with one attached hydrogen (secondary N) is 2. The largest absolute Gasteiger partial charge is 0.357 e. The highest BCUT2D eigenvalue weighted by Gasteiger charge is 2.07. The second-order valence-corrected chi connectivity index (χ2v) is 5.12. The van der Waals surface area contributed by atoms with Crippen LogP contribution in [-0.4, -0.2) is 37.6 Å². The Morgan fingerprint density at radius 2 is 1.95 bits per heavy atom. The summed E-state index contributed by atoms with van der Waals surface area (Å²) in [6, 6.07) is 3.92. The summed E-state index contributed by atoms with van der Waals surface area (Å²) in [6.07, 6.45) is 2.31. The maximum Gasteiger partial charge on any atom is 0.191 e. The van der Waals surface area contributed by atoms with Gasteiger partial charge in [0.1, 0.15) is 11.6 Å². The topological polar surface area (TPSA) is 36.4 Å². The van der Waals surface area contributed by atoms with Crippen molar-refractivity contribution < 1.29 is 8.78 Å². The molecule has 112 valence electrons. The second-order valence-electron chi connectivity index (χ2n) is 4.13. The third-order valence-electron chi connectivity index (χ3n) is 2.64. The van der Waals surface area contributed by atoms with Crippen LogP contribution in [0.25, 0.3) is 0 Å². The highest BCUT2D eigenvalue weighted by Crippen LogP contribution is 2.11. The van der Waals surface area contributed by atoms with E-state index < -0.39 is 11.6 Å². The highest BCUT2D eigenvalue weighted by molar-refractivity contribution is 7.98. The zero-order valence-corrected chi connectivity index (χ0v) is 12.7. The van der Waals surface area contributed by atoms with Gasteiger partial charge in [0.05, 0.1) is 6.54 Å². The Balaban J connectivity index is 2.49. The summed E-state index contributed by atoms with van der Waals surface area (Å²) in [6.45, 7) is 3.87. The summed E-state index contributed by atoms with van der Waals surface area (Å²) in [7, 11) is 0. The van der Waals surface area contributed by atoms with Crippen LogP contribution in [-0.2, 0) is 6.42 Å². The molecule has 0 bridgehead atoms. The molecule has 0 amide bonds. The van der Waals surface area contributed by atoms with Crippen molar-refractivity contribution >= 4 is 17.7 Å². The molecule has 0 aromatic heterocycles. The van der Waals surface area contributed by atoms with Gasteiger partial charge in [-0.1, -0.05) is 6.07 Å². The molecule has 0 saturated carbocycles. The molecule has 0 spiro atoms. The van der Waals surface area contributed by atoms with E-state index in [1.807, 2.05) is 13.2 Å². The van der Waals surface area contributed by atoms with Crippen molar-refractivity contribution in [2.24, 2.45) is 4.99 Å². The zero-order valence-electron chi connectivity index (χ0n) is 11.9. The van der Waals surface area contributed by atoms with E-state index in [1.165, 1.54) is 18.2 Å². The quantitative estimate of drug-likeness (QED) is 0.461. The summed E-state index contributed by atoms with van der Waals surface area (Å²) in [4.78, 5) is 4.37. The standard InChI is InChI=1S/C14H21F2N3S/c1-3-17-14(19-9-10-20-2)18-8-7-11-12(15)5-4-6-13(11)16/h4-6H,3,7-10H2,1-2H3,(H2,17,18,19). The minimum atomic E-state index is -0.504. The van der Waals surface area contributed by atoms with Crippen LogP contribution < -0.4 is 10.6 Å². The van der Waals surface area contributed by atoms with Gasteiger partial charge in [-0.05, 0) is 31.7 Å². The van der Waals surface area contributed by atoms with Crippen LogP contribution >= 0.6 is 11.8 Å². The summed E-state index contributed by atoms with van der Waals surface area (Å²) in [5.41, 5.74) is 0.111. The average molecular weight is 301 g/mol. The van der Waals surface area contributed by atoms with Crippen LogP contribution in [0, 0.1) is 11.6 Å². The third-order valence-corrected chi connectivity index (χ3v) is 3.23. The zero-order chi connectivity index (χ0) is 14.8. The molecule has 0 atom stereocenters. The number of aliphatic imine (C=N–C) groups is 1. The van der Waals surface area contributed by atoms with Crippen LogP contribution in [0.3, 0.4) is 0 Å². The van der Waals surface area contributed by atoms with Gasteiger partial charge in [0.15, 0.2) is 5.96 Å². The lowest BCUT2D eigenvalue weighted by Crippen LogP contribution is -2.38. The second kappa shape index (κ2) is 9.58. The van der Waals surface area contributed by atoms with Gasteiger partial charge in [-0.25, -0.2) is 8.78 Å². The molecule has 0 aliphatic carbocycles. The van der Waals surface area contributed by atoms with Gasteiger partial charge in [0.2, 0.25) is 0 Å². The summed E-state index contributed by atoms with van der Waals surface area (Å²) >= 11 is 1.72. The molecule has 0 saturated heterocycles. The van der Waals surface area contributed by atoms with E-state index in [0.717, 1.165) is 12.3 Å².